The molecular formula is C14H21N5. The van der Waals surface area contributed by atoms with Crippen LogP contribution in [-0.4, -0.2) is 26.8 Å². The first-order valence-corrected chi connectivity index (χ1v) is 6.84. The molecule has 0 aliphatic heterocycles. The van der Waals surface area contributed by atoms with Crippen molar-refractivity contribution in [2.24, 2.45) is 0 Å². The number of nitrogens with one attached hydrogen (secondary N) is 1. The van der Waals surface area contributed by atoms with E-state index in [1.54, 1.807) is 0 Å². The number of tetrazole rings is 1. The number of hydrogen-bond donors (Lipinski definition) is 1. The summed E-state index contributed by atoms with van der Waals surface area (Å²) >= 11 is 0. The molecule has 5 heteroatoms. The number of benzene rings is 1. The SMILES string of the molecule is CCCNC(C)c1nnnn1CCc1ccccc1. The average molecular weight is 259 g/mol. The molecule has 1 unspecified atom stereocenters. The Hall–Kier alpha value is -1.75. The van der Waals surface area contributed by atoms with Gasteiger partial charge in [0.15, 0.2) is 5.82 Å². The molecule has 1 N–H and O–H groups in total. The lowest BCUT2D eigenvalue weighted by atomic mass is 10.1. The minimum Gasteiger partial charge on any atom is -0.307 e. The van der Waals surface area contributed by atoms with Gasteiger partial charge in [-0.25, -0.2) is 4.68 Å². The second kappa shape index (κ2) is 6.99. The van der Waals surface area contributed by atoms with Gasteiger partial charge in [0, 0.05) is 6.54 Å². The van der Waals surface area contributed by atoms with Crippen molar-refractivity contribution in [3.05, 3.63) is 41.7 Å². The molecule has 0 amide bonds. The van der Waals surface area contributed by atoms with Crippen molar-refractivity contribution in [2.45, 2.75) is 39.3 Å². The van der Waals surface area contributed by atoms with Crippen molar-refractivity contribution in [1.82, 2.24) is 25.5 Å². The summed E-state index contributed by atoms with van der Waals surface area (Å²) in [5.41, 5.74) is 1.30. The largest absolute Gasteiger partial charge is 0.307 e. The molecule has 0 saturated carbocycles. The van der Waals surface area contributed by atoms with Crippen LogP contribution in [0.3, 0.4) is 0 Å². The molecule has 5 nitrogen and oxygen atoms in total. The van der Waals surface area contributed by atoms with Crippen LogP contribution in [0.5, 0.6) is 0 Å². The molecule has 1 atom stereocenters. The van der Waals surface area contributed by atoms with Crippen LogP contribution >= 0.6 is 0 Å². The highest BCUT2D eigenvalue weighted by molar-refractivity contribution is 5.14. The summed E-state index contributed by atoms with van der Waals surface area (Å²) in [5.74, 6) is 0.907. The first-order valence-electron chi connectivity index (χ1n) is 6.84. The summed E-state index contributed by atoms with van der Waals surface area (Å²) in [5, 5.41) is 15.4. The lowest BCUT2D eigenvalue weighted by molar-refractivity contribution is 0.486. The minimum atomic E-state index is 0.186. The first-order chi connectivity index (χ1) is 9.31. The molecule has 0 saturated heterocycles. The molecule has 2 rings (SSSR count). The molecule has 102 valence electrons. The van der Waals surface area contributed by atoms with Crippen LogP contribution in [0.4, 0.5) is 0 Å². The molecular weight excluding hydrogens is 238 g/mol. The van der Waals surface area contributed by atoms with Gasteiger partial charge in [-0.15, -0.1) is 5.10 Å². The molecule has 1 heterocycles. The van der Waals surface area contributed by atoms with E-state index in [1.807, 2.05) is 10.7 Å². The summed E-state index contributed by atoms with van der Waals surface area (Å²) in [7, 11) is 0. The summed E-state index contributed by atoms with van der Waals surface area (Å²) in [6.07, 6.45) is 2.05. The topological polar surface area (TPSA) is 55.6 Å². The van der Waals surface area contributed by atoms with Crippen molar-refractivity contribution in [1.29, 1.82) is 0 Å². The van der Waals surface area contributed by atoms with Crippen molar-refractivity contribution in [2.75, 3.05) is 6.54 Å². The Kier molecular flexibility index (Phi) is 5.03. The van der Waals surface area contributed by atoms with E-state index >= 15 is 0 Å². The van der Waals surface area contributed by atoms with Crippen LogP contribution in [0.15, 0.2) is 30.3 Å². The quantitative estimate of drug-likeness (QED) is 0.826. The zero-order chi connectivity index (χ0) is 13.5. The molecule has 0 radical (unpaired) electrons. The van der Waals surface area contributed by atoms with E-state index in [2.05, 4.69) is 59.0 Å². The van der Waals surface area contributed by atoms with Gasteiger partial charge in [0.1, 0.15) is 0 Å². The number of hydrogen-bond acceptors (Lipinski definition) is 4. The van der Waals surface area contributed by atoms with Crippen molar-refractivity contribution < 1.29 is 0 Å². The van der Waals surface area contributed by atoms with Crippen LogP contribution in [0.25, 0.3) is 0 Å². The lowest BCUT2D eigenvalue weighted by Crippen LogP contribution is -2.23. The minimum absolute atomic E-state index is 0.186. The second-order valence-electron chi connectivity index (χ2n) is 4.67. The Balaban J connectivity index is 1.96. The van der Waals surface area contributed by atoms with Gasteiger partial charge < -0.3 is 5.32 Å². The zero-order valence-electron chi connectivity index (χ0n) is 11.6. The maximum Gasteiger partial charge on any atom is 0.167 e. The molecule has 1 aromatic heterocycles. The van der Waals surface area contributed by atoms with Crippen LogP contribution in [0, 0.1) is 0 Å². The lowest BCUT2D eigenvalue weighted by Gasteiger charge is -2.12. The Bertz CT molecular complexity index is 480. The summed E-state index contributed by atoms with van der Waals surface area (Å²) in [6.45, 7) is 6.04. The maximum atomic E-state index is 4.12. The van der Waals surface area contributed by atoms with Gasteiger partial charge >= 0.3 is 0 Å². The Labute approximate surface area is 114 Å². The molecule has 0 aliphatic rings. The van der Waals surface area contributed by atoms with Gasteiger partial charge in [-0.1, -0.05) is 37.3 Å². The number of aromatic nitrogens is 4. The highest BCUT2D eigenvalue weighted by atomic mass is 15.5. The summed E-state index contributed by atoms with van der Waals surface area (Å²) < 4.78 is 1.89. The maximum absolute atomic E-state index is 4.12. The Morgan fingerprint density at radius 1 is 1.26 bits per heavy atom. The molecule has 0 fully saturated rings. The van der Waals surface area contributed by atoms with Gasteiger partial charge in [0.05, 0.1) is 6.04 Å². The van der Waals surface area contributed by atoms with Crippen LogP contribution < -0.4 is 5.32 Å². The van der Waals surface area contributed by atoms with E-state index in [9.17, 15) is 0 Å². The normalized spacial score (nSPS) is 12.5. The third-order valence-electron chi connectivity index (χ3n) is 3.10. The Morgan fingerprint density at radius 3 is 2.79 bits per heavy atom. The molecule has 0 bridgehead atoms. The standard InChI is InChI=1S/C14H21N5/c1-3-10-15-12(2)14-16-17-18-19(14)11-9-13-7-5-4-6-8-13/h4-8,12,15H,3,9-11H2,1-2H3. The van der Waals surface area contributed by atoms with Crippen LogP contribution in [-0.2, 0) is 13.0 Å². The van der Waals surface area contributed by atoms with Gasteiger partial charge in [-0.05, 0) is 42.3 Å². The summed E-state index contributed by atoms with van der Waals surface area (Å²) in [6, 6.07) is 10.6. The zero-order valence-corrected chi connectivity index (χ0v) is 11.6. The number of rotatable bonds is 7. The highest BCUT2D eigenvalue weighted by Gasteiger charge is 2.13. The van der Waals surface area contributed by atoms with E-state index in [1.165, 1.54) is 5.56 Å². The van der Waals surface area contributed by atoms with Crippen LogP contribution in [0.1, 0.15) is 37.7 Å². The van der Waals surface area contributed by atoms with Crippen molar-refractivity contribution in [3.8, 4) is 0 Å². The average Bonchev–Trinajstić information content (AvgIpc) is 2.92. The fourth-order valence-corrected chi connectivity index (χ4v) is 2.01. The smallest absolute Gasteiger partial charge is 0.167 e. The highest BCUT2D eigenvalue weighted by Crippen LogP contribution is 2.09. The number of nitrogens with zero attached hydrogens (tertiary/aromatic N) is 4. The third-order valence-corrected chi connectivity index (χ3v) is 3.10. The van der Waals surface area contributed by atoms with Gasteiger partial charge in [-0.3, -0.25) is 0 Å². The summed E-state index contributed by atoms with van der Waals surface area (Å²) in [4.78, 5) is 0. The van der Waals surface area contributed by atoms with Gasteiger partial charge in [0.2, 0.25) is 0 Å². The fraction of sp³-hybridized carbons (Fsp3) is 0.500. The molecule has 0 aliphatic carbocycles. The van der Waals surface area contributed by atoms with Gasteiger partial charge in [-0.2, -0.15) is 0 Å². The number of aryl methyl sites for hydroxylation is 2. The monoisotopic (exact) mass is 259 g/mol. The predicted molar refractivity (Wildman–Crippen MR) is 74.7 cm³/mol. The van der Waals surface area contributed by atoms with E-state index < -0.39 is 0 Å². The van der Waals surface area contributed by atoms with Crippen molar-refractivity contribution in [3.63, 3.8) is 0 Å². The van der Waals surface area contributed by atoms with Crippen molar-refractivity contribution >= 4 is 0 Å². The molecule has 0 spiro atoms. The van der Waals surface area contributed by atoms with Crippen LogP contribution in [0.2, 0.25) is 0 Å². The van der Waals surface area contributed by atoms with Gasteiger partial charge in [0.25, 0.3) is 0 Å². The van der Waals surface area contributed by atoms with E-state index in [0.29, 0.717) is 0 Å². The Morgan fingerprint density at radius 2 is 2.05 bits per heavy atom. The first kappa shape index (κ1) is 13.7. The molecule has 1 aromatic carbocycles. The molecule has 2 aromatic rings. The third kappa shape index (κ3) is 3.86. The van der Waals surface area contributed by atoms with E-state index in [0.717, 1.165) is 31.8 Å². The molecule has 19 heavy (non-hydrogen) atoms. The fourth-order valence-electron chi connectivity index (χ4n) is 2.01. The predicted octanol–water partition coefficient (Wildman–Crippen LogP) is 1.98. The second-order valence-corrected chi connectivity index (χ2v) is 4.67. The van der Waals surface area contributed by atoms with E-state index in [4.69, 9.17) is 0 Å². The van der Waals surface area contributed by atoms with E-state index in [-0.39, 0.29) is 6.04 Å².